The maximum Gasteiger partial charge on any atom is 0.238 e. The van der Waals surface area contributed by atoms with E-state index in [4.69, 9.17) is 16.3 Å². The third-order valence-electron chi connectivity index (χ3n) is 8.23. The van der Waals surface area contributed by atoms with Crippen LogP contribution in [0.2, 0.25) is 5.02 Å². The zero-order valence-corrected chi connectivity index (χ0v) is 22.0. The van der Waals surface area contributed by atoms with Gasteiger partial charge >= 0.3 is 0 Å². The molecular formula is C31H26ClNO6. The number of ketones is 2. The van der Waals surface area contributed by atoms with Crippen molar-refractivity contribution in [2.75, 3.05) is 18.1 Å². The minimum Gasteiger partial charge on any atom is -0.491 e. The van der Waals surface area contributed by atoms with Crippen LogP contribution in [-0.2, 0) is 19.2 Å². The highest BCUT2D eigenvalue weighted by atomic mass is 35.5. The highest BCUT2D eigenvalue weighted by molar-refractivity contribution is 6.31. The molecule has 0 spiro atoms. The molecule has 0 bridgehead atoms. The monoisotopic (exact) mass is 543 g/mol. The fourth-order valence-electron chi connectivity index (χ4n) is 6.57. The summed E-state index contributed by atoms with van der Waals surface area (Å²) in [6, 6.07) is 13.8. The molecule has 0 saturated carbocycles. The highest BCUT2D eigenvalue weighted by Gasteiger charge is 2.56. The van der Waals surface area contributed by atoms with Crippen LogP contribution in [0.4, 0.5) is 5.69 Å². The number of ether oxygens (including phenoxy) is 1. The number of nitrogens with zero attached hydrogens (tertiary/aromatic N) is 1. The third-order valence-corrected chi connectivity index (χ3v) is 8.48. The predicted molar refractivity (Wildman–Crippen MR) is 144 cm³/mol. The highest BCUT2D eigenvalue weighted by Crippen LogP contribution is 2.56. The van der Waals surface area contributed by atoms with E-state index in [0.29, 0.717) is 45.2 Å². The number of carbonyl (C=O) groups excluding carboxylic acids is 4. The van der Waals surface area contributed by atoms with E-state index in [2.05, 4.69) is 0 Å². The molecule has 1 fully saturated rings. The molecule has 4 aliphatic rings. The van der Waals surface area contributed by atoms with Crippen molar-refractivity contribution in [3.05, 3.63) is 93.6 Å². The molecule has 6 rings (SSSR count). The smallest absolute Gasteiger partial charge is 0.238 e. The Bertz CT molecular complexity index is 1520. The standard InChI is InChI=1S/C31H26ClNO6/c1-16-14-24(35)23-15-22-19(26(28(23)29(16)36)20-4-2-3-5-25(20)39-13-12-34)10-11-21-27(22)31(38)33(30(21)37)18-8-6-17(32)7-9-18/h2-10,14,21-22,26-27,34H,11-13,15H2,1H3/t21-,22+,26+,27-/m0/s1. The number of amides is 2. The Balaban J connectivity index is 1.48. The summed E-state index contributed by atoms with van der Waals surface area (Å²) >= 11 is 6.03. The van der Waals surface area contributed by atoms with Gasteiger partial charge in [-0.05, 0) is 62.1 Å². The van der Waals surface area contributed by atoms with Crippen LogP contribution in [0.1, 0.15) is 31.2 Å². The Labute approximate surface area is 230 Å². The van der Waals surface area contributed by atoms with E-state index >= 15 is 0 Å². The first kappa shape index (κ1) is 25.5. The molecule has 8 heteroatoms. The second-order valence-corrected chi connectivity index (χ2v) is 10.8. The van der Waals surface area contributed by atoms with Gasteiger partial charge in [0.2, 0.25) is 11.8 Å². The summed E-state index contributed by atoms with van der Waals surface area (Å²) in [5.74, 6) is -2.79. The average molecular weight is 544 g/mol. The lowest BCUT2D eigenvalue weighted by molar-refractivity contribution is -0.123. The molecule has 0 unspecified atom stereocenters. The molecule has 0 aromatic heterocycles. The number of benzene rings is 2. The van der Waals surface area contributed by atoms with Crippen LogP contribution in [0.5, 0.6) is 5.75 Å². The number of para-hydroxylation sites is 1. The van der Waals surface area contributed by atoms with Gasteiger partial charge < -0.3 is 9.84 Å². The van der Waals surface area contributed by atoms with Crippen molar-refractivity contribution in [3.8, 4) is 5.75 Å². The van der Waals surface area contributed by atoms with Gasteiger partial charge in [-0.2, -0.15) is 0 Å². The Morgan fingerprint density at radius 1 is 1.00 bits per heavy atom. The van der Waals surface area contributed by atoms with Gasteiger partial charge in [0.05, 0.1) is 24.1 Å². The number of hydrogen-bond acceptors (Lipinski definition) is 6. The maximum atomic E-state index is 13.9. The van der Waals surface area contributed by atoms with Crippen molar-refractivity contribution in [1.29, 1.82) is 0 Å². The Morgan fingerprint density at radius 3 is 2.49 bits per heavy atom. The maximum absolute atomic E-state index is 13.9. The fraction of sp³-hybridized carbons (Fsp3) is 0.290. The second kappa shape index (κ2) is 9.74. The van der Waals surface area contributed by atoms with E-state index in [9.17, 15) is 24.3 Å². The summed E-state index contributed by atoms with van der Waals surface area (Å²) in [5, 5.41) is 9.87. The lowest BCUT2D eigenvalue weighted by Gasteiger charge is -2.42. The molecule has 4 atom stereocenters. The van der Waals surface area contributed by atoms with Gasteiger partial charge in [0.25, 0.3) is 0 Å². The topological polar surface area (TPSA) is 101 Å². The van der Waals surface area contributed by atoms with Crippen molar-refractivity contribution in [2.24, 2.45) is 17.8 Å². The second-order valence-electron chi connectivity index (χ2n) is 10.3. The largest absolute Gasteiger partial charge is 0.491 e. The van der Waals surface area contributed by atoms with E-state index in [1.165, 1.54) is 11.0 Å². The molecule has 1 heterocycles. The van der Waals surface area contributed by atoms with Gasteiger partial charge in [0, 0.05) is 33.2 Å². The van der Waals surface area contributed by atoms with Crippen molar-refractivity contribution in [1.82, 2.24) is 0 Å². The fourth-order valence-corrected chi connectivity index (χ4v) is 6.69. The molecule has 39 heavy (non-hydrogen) atoms. The van der Waals surface area contributed by atoms with Crippen molar-refractivity contribution >= 4 is 40.7 Å². The summed E-state index contributed by atoms with van der Waals surface area (Å²) in [4.78, 5) is 55.6. The molecular weight excluding hydrogens is 518 g/mol. The Morgan fingerprint density at radius 2 is 1.74 bits per heavy atom. The zero-order chi connectivity index (χ0) is 27.4. The van der Waals surface area contributed by atoms with Crippen LogP contribution in [0.3, 0.4) is 0 Å². The molecule has 3 aliphatic carbocycles. The first-order valence-corrected chi connectivity index (χ1v) is 13.4. The molecule has 2 aromatic rings. The first-order chi connectivity index (χ1) is 18.8. The quantitative estimate of drug-likeness (QED) is 0.342. The van der Waals surface area contributed by atoms with Crippen LogP contribution in [-0.4, -0.2) is 41.7 Å². The first-order valence-electron chi connectivity index (χ1n) is 13.0. The summed E-state index contributed by atoms with van der Waals surface area (Å²) in [5.41, 5.74) is 3.17. The van der Waals surface area contributed by atoms with Crippen LogP contribution >= 0.6 is 11.6 Å². The van der Waals surface area contributed by atoms with E-state index in [-0.39, 0.29) is 43.0 Å². The van der Waals surface area contributed by atoms with Crippen LogP contribution in [0, 0.1) is 17.8 Å². The van der Waals surface area contributed by atoms with Crippen molar-refractivity contribution in [3.63, 3.8) is 0 Å². The van der Waals surface area contributed by atoms with Crippen LogP contribution < -0.4 is 9.64 Å². The van der Waals surface area contributed by atoms with Gasteiger partial charge in [-0.25, -0.2) is 0 Å². The van der Waals surface area contributed by atoms with Crippen LogP contribution in [0.25, 0.3) is 0 Å². The minimum atomic E-state index is -0.662. The predicted octanol–water partition coefficient (Wildman–Crippen LogP) is 4.35. The van der Waals surface area contributed by atoms with Crippen molar-refractivity contribution in [2.45, 2.75) is 25.7 Å². The number of hydrogen-bond donors (Lipinski definition) is 1. The Hall–Kier alpha value is -3.81. The third kappa shape index (κ3) is 3.99. The normalized spacial score (nSPS) is 26.2. The lowest BCUT2D eigenvalue weighted by atomic mass is 9.59. The summed E-state index contributed by atoms with van der Waals surface area (Å²) in [6.07, 6.45) is 3.90. The molecule has 1 saturated heterocycles. The zero-order valence-electron chi connectivity index (χ0n) is 21.2. The number of aliphatic hydroxyl groups is 1. The minimum absolute atomic E-state index is 0.0671. The Kier molecular flexibility index (Phi) is 6.36. The van der Waals surface area contributed by atoms with Gasteiger partial charge in [-0.15, -0.1) is 0 Å². The number of aliphatic hydroxyl groups excluding tert-OH is 1. The lowest BCUT2D eigenvalue weighted by Crippen LogP contribution is -2.40. The molecule has 7 nitrogen and oxygen atoms in total. The summed E-state index contributed by atoms with van der Waals surface area (Å²) < 4.78 is 5.85. The number of halogens is 1. The number of allylic oxidation sites excluding steroid dienone is 6. The van der Waals surface area contributed by atoms with E-state index in [0.717, 1.165) is 5.57 Å². The molecule has 198 valence electrons. The van der Waals surface area contributed by atoms with Crippen molar-refractivity contribution < 1.29 is 29.0 Å². The van der Waals surface area contributed by atoms with Gasteiger partial charge in [-0.3, -0.25) is 24.1 Å². The summed E-state index contributed by atoms with van der Waals surface area (Å²) in [6.45, 7) is 1.52. The van der Waals surface area contributed by atoms with E-state index in [1.54, 1.807) is 43.3 Å². The number of anilines is 1. The molecule has 1 N–H and O–H groups in total. The van der Waals surface area contributed by atoms with Gasteiger partial charge in [0.15, 0.2) is 11.6 Å². The van der Waals surface area contributed by atoms with E-state index in [1.807, 2.05) is 18.2 Å². The van der Waals surface area contributed by atoms with E-state index < -0.39 is 23.7 Å². The molecule has 1 aliphatic heterocycles. The number of carbonyl (C=O) groups is 4. The average Bonchev–Trinajstić information content (AvgIpc) is 3.20. The van der Waals surface area contributed by atoms with Crippen LogP contribution in [0.15, 0.2) is 83.0 Å². The molecule has 2 amide bonds. The number of imide groups is 1. The van der Waals surface area contributed by atoms with Gasteiger partial charge in [0.1, 0.15) is 12.4 Å². The van der Waals surface area contributed by atoms with Gasteiger partial charge in [-0.1, -0.05) is 41.4 Å². The molecule has 2 aromatic carbocycles. The SMILES string of the molecule is CC1=CC(=O)C2=C(C1=O)[C@@H](c1ccccc1OCCO)C1=CC[C@@H]3C(=O)N(c4ccc(Cl)cc4)C(=O)[C@@H]3[C@@H]1C2. The number of fused-ring (bicyclic) bond motifs is 3. The molecule has 0 radical (unpaired) electrons. The number of Topliss-reactive ketones (excluding diaryl/α,β-unsaturated/α-hetero) is 1. The number of rotatable bonds is 5. The summed E-state index contributed by atoms with van der Waals surface area (Å²) in [7, 11) is 0.